The van der Waals surface area contributed by atoms with E-state index in [1.54, 1.807) is 33.7 Å². The Bertz CT molecular complexity index is 1060. The Balaban J connectivity index is 1.77. The van der Waals surface area contributed by atoms with E-state index in [-0.39, 0.29) is 5.82 Å². The Kier molecular flexibility index (Phi) is 3.23. The van der Waals surface area contributed by atoms with Gasteiger partial charge >= 0.3 is 0 Å². The molecule has 0 N–H and O–H groups in total. The van der Waals surface area contributed by atoms with Gasteiger partial charge < -0.3 is 0 Å². The normalized spacial score (nSPS) is 11.3. The van der Waals surface area contributed by atoms with E-state index in [1.165, 1.54) is 11.1 Å². The summed E-state index contributed by atoms with van der Waals surface area (Å²) in [4.78, 5) is 4.45. The Morgan fingerprint density at radius 3 is 2.42 bits per heavy atom. The topological polar surface area (TPSA) is 35.1 Å². The third kappa shape index (κ3) is 2.29. The van der Waals surface area contributed by atoms with Gasteiger partial charge in [-0.3, -0.25) is 4.40 Å². The summed E-state index contributed by atoms with van der Waals surface area (Å²) in [5.41, 5.74) is 5.41. The maximum atomic E-state index is 14.7. The first-order valence-electron chi connectivity index (χ1n) is 7.77. The van der Waals surface area contributed by atoms with Crippen LogP contribution in [-0.4, -0.2) is 19.2 Å². The predicted molar refractivity (Wildman–Crippen MR) is 92.3 cm³/mol. The first-order valence-corrected chi connectivity index (χ1v) is 7.77. The van der Waals surface area contributed by atoms with E-state index in [2.05, 4.69) is 36.1 Å². The first-order chi connectivity index (χ1) is 11.5. The maximum Gasteiger partial charge on any atom is 0.232 e. The predicted octanol–water partition coefficient (Wildman–Crippen LogP) is 4.16. The van der Waals surface area contributed by atoms with Crippen LogP contribution >= 0.6 is 0 Å². The average Bonchev–Trinajstić information content (AvgIpc) is 3.12. The molecule has 0 bridgehead atoms. The highest BCUT2D eigenvalue weighted by atomic mass is 19.1. The van der Waals surface area contributed by atoms with Crippen LogP contribution in [0.3, 0.4) is 0 Å². The van der Waals surface area contributed by atoms with Crippen molar-refractivity contribution in [2.75, 3.05) is 0 Å². The molecule has 2 aromatic carbocycles. The fraction of sp³-hybridized carbons (Fsp3) is 0.158. The zero-order valence-electron chi connectivity index (χ0n) is 13.8. The summed E-state index contributed by atoms with van der Waals surface area (Å²) < 4.78 is 18.1. The first kappa shape index (κ1) is 14.6. The minimum Gasteiger partial charge on any atom is -0.272 e. The zero-order chi connectivity index (χ0) is 16.8. The van der Waals surface area contributed by atoms with Gasteiger partial charge in [-0.2, -0.15) is 5.10 Å². The highest BCUT2D eigenvalue weighted by Gasteiger charge is 2.13. The zero-order valence-corrected chi connectivity index (χ0v) is 13.8. The van der Waals surface area contributed by atoms with Crippen LogP contribution in [0.1, 0.15) is 11.1 Å². The standard InChI is InChI=1S/C19H17FN4/c1-12-4-5-14(8-13(12)2)15-6-7-16(17(20)9-15)18-10-24-11-21-23(3)19(24)22-18/h4-11H,1-3H3. The van der Waals surface area contributed by atoms with E-state index in [1.807, 2.05) is 19.2 Å². The highest BCUT2D eigenvalue weighted by Crippen LogP contribution is 2.28. The van der Waals surface area contributed by atoms with Crippen LogP contribution in [-0.2, 0) is 7.05 Å². The number of halogens is 1. The molecule has 0 aliphatic rings. The molecule has 2 aromatic heterocycles. The number of hydrogen-bond donors (Lipinski definition) is 0. The molecule has 4 aromatic rings. The van der Waals surface area contributed by atoms with Gasteiger partial charge in [-0.1, -0.05) is 24.3 Å². The van der Waals surface area contributed by atoms with Crippen molar-refractivity contribution in [3.63, 3.8) is 0 Å². The molecule has 120 valence electrons. The third-order valence-corrected chi connectivity index (χ3v) is 4.44. The van der Waals surface area contributed by atoms with Crippen LogP contribution in [0.4, 0.5) is 4.39 Å². The summed E-state index contributed by atoms with van der Waals surface area (Å²) in [6.07, 6.45) is 3.45. The second-order valence-electron chi connectivity index (χ2n) is 6.08. The highest BCUT2D eigenvalue weighted by molar-refractivity contribution is 5.70. The van der Waals surface area contributed by atoms with Crippen LogP contribution in [0.25, 0.3) is 28.2 Å². The van der Waals surface area contributed by atoms with Crippen LogP contribution in [0.5, 0.6) is 0 Å². The second-order valence-corrected chi connectivity index (χ2v) is 6.08. The van der Waals surface area contributed by atoms with Gasteiger partial charge in [-0.25, -0.2) is 14.1 Å². The number of aromatic nitrogens is 4. The van der Waals surface area contributed by atoms with Crippen LogP contribution < -0.4 is 0 Å². The smallest absolute Gasteiger partial charge is 0.232 e. The molecule has 0 radical (unpaired) electrons. The van der Waals surface area contributed by atoms with Crippen molar-refractivity contribution >= 4 is 5.78 Å². The monoisotopic (exact) mass is 320 g/mol. The van der Waals surface area contributed by atoms with Crippen molar-refractivity contribution in [2.24, 2.45) is 7.05 Å². The number of aryl methyl sites for hydroxylation is 3. The van der Waals surface area contributed by atoms with E-state index in [4.69, 9.17) is 0 Å². The van der Waals surface area contributed by atoms with E-state index in [9.17, 15) is 4.39 Å². The number of benzene rings is 2. The molecule has 2 heterocycles. The third-order valence-electron chi connectivity index (χ3n) is 4.44. The minimum atomic E-state index is -0.276. The molecular weight excluding hydrogens is 303 g/mol. The Morgan fingerprint density at radius 2 is 1.71 bits per heavy atom. The van der Waals surface area contributed by atoms with E-state index >= 15 is 0 Å². The van der Waals surface area contributed by atoms with Gasteiger partial charge in [0.25, 0.3) is 0 Å². The fourth-order valence-corrected chi connectivity index (χ4v) is 2.85. The molecule has 0 atom stereocenters. The number of fused-ring (bicyclic) bond motifs is 1. The van der Waals surface area contributed by atoms with Gasteiger partial charge in [0.1, 0.15) is 12.1 Å². The van der Waals surface area contributed by atoms with Gasteiger partial charge in [-0.15, -0.1) is 0 Å². The van der Waals surface area contributed by atoms with Crippen molar-refractivity contribution in [1.82, 2.24) is 19.2 Å². The molecule has 24 heavy (non-hydrogen) atoms. The molecule has 0 unspecified atom stereocenters. The molecule has 0 saturated heterocycles. The summed E-state index contributed by atoms with van der Waals surface area (Å²) in [5.74, 6) is 0.407. The van der Waals surface area contributed by atoms with Gasteiger partial charge in [0.2, 0.25) is 5.78 Å². The number of rotatable bonds is 2. The van der Waals surface area contributed by atoms with Crippen molar-refractivity contribution in [3.8, 4) is 22.4 Å². The van der Waals surface area contributed by atoms with Gasteiger partial charge in [0.05, 0.1) is 5.69 Å². The van der Waals surface area contributed by atoms with Crippen molar-refractivity contribution in [3.05, 3.63) is 65.9 Å². The van der Waals surface area contributed by atoms with Crippen LogP contribution in [0.2, 0.25) is 0 Å². The Hall–Kier alpha value is -2.95. The molecular formula is C19H17FN4. The van der Waals surface area contributed by atoms with Crippen LogP contribution in [0.15, 0.2) is 48.9 Å². The molecule has 0 aliphatic heterocycles. The minimum absolute atomic E-state index is 0.276. The molecule has 0 spiro atoms. The van der Waals surface area contributed by atoms with Crippen molar-refractivity contribution in [2.45, 2.75) is 13.8 Å². The summed E-state index contributed by atoms with van der Waals surface area (Å²) in [7, 11) is 1.81. The Labute approximate surface area is 139 Å². The molecule has 0 aliphatic carbocycles. The summed E-state index contributed by atoms with van der Waals surface area (Å²) in [6.45, 7) is 4.13. The molecule has 0 amide bonds. The lowest BCUT2D eigenvalue weighted by atomic mass is 9.99. The molecule has 5 heteroatoms. The van der Waals surface area contributed by atoms with Crippen molar-refractivity contribution in [1.29, 1.82) is 0 Å². The lowest BCUT2D eigenvalue weighted by Gasteiger charge is -2.07. The maximum absolute atomic E-state index is 14.7. The summed E-state index contributed by atoms with van der Waals surface area (Å²) in [6, 6.07) is 11.5. The van der Waals surface area contributed by atoms with Crippen LogP contribution in [0, 0.1) is 19.7 Å². The van der Waals surface area contributed by atoms with Gasteiger partial charge in [0, 0.05) is 18.8 Å². The SMILES string of the molecule is Cc1ccc(-c2ccc(-c3cn4cnn(C)c4n3)c(F)c2)cc1C. The summed E-state index contributed by atoms with van der Waals surface area (Å²) >= 11 is 0. The second kappa shape index (κ2) is 5.30. The number of imidazole rings is 1. The Morgan fingerprint density at radius 1 is 0.958 bits per heavy atom. The van der Waals surface area contributed by atoms with Gasteiger partial charge in [0.15, 0.2) is 0 Å². The van der Waals surface area contributed by atoms with Crippen molar-refractivity contribution < 1.29 is 4.39 Å². The van der Waals surface area contributed by atoms with E-state index < -0.39 is 0 Å². The van der Waals surface area contributed by atoms with Gasteiger partial charge in [-0.05, 0) is 48.2 Å². The molecule has 4 rings (SSSR count). The van der Waals surface area contributed by atoms with E-state index in [0.29, 0.717) is 17.0 Å². The number of hydrogen-bond acceptors (Lipinski definition) is 2. The fourth-order valence-electron chi connectivity index (χ4n) is 2.85. The molecule has 0 fully saturated rings. The average molecular weight is 320 g/mol. The molecule has 4 nitrogen and oxygen atoms in total. The quantitative estimate of drug-likeness (QED) is 0.556. The largest absolute Gasteiger partial charge is 0.272 e. The lowest BCUT2D eigenvalue weighted by Crippen LogP contribution is -1.91. The van der Waals surface area contributed by atoms with E-state index in [0.717, 1.165) is 11.1 Å². The number of nitrogens with zero attached hydrogens (tertiary/aromatic N) is 4. The molecule has 0 saturated carbocycles. The summed E-state index contributed by atoms with van der Waals surface area (Å²) in [5, 5.41) is 4.11. The lowest BCUT2D eigenvalue weighted by molar-refractivity contribution is 0.631.